The van der Waals surface area contributed by atoms with Crippen LogP contribution in [0, 0.1) is 6.92 Å². The van der Waals surface area contributed by atoms with Gasteiger partial charge in [0.1, 0.15) is 10.8 Å². The molecule has 5 rings (SSSR count). The number of pyridine rings is 1. The van der Waals surface area contributed by atoms with Crippen LogP contribution in [0.3, 0.4) is 0 Å². The second-order valence-electron chi connectivity index (χ2n) is 8.18. The molecule has 1 aliphatic rings. The van der Waals surface area contributed by atoms with Gasteiger partial charge in [-0.1, -0.05) is 29.8 Å². The number of anilines is 2. The zero-order valence-corrected chi connectivity index (χ0v) is 19.8. The van der Waals surface area contributed by atoms with Crippen LogP contribution in [0.4, 0.5) is 10.8 Å². The fourth-order valence-electron chi connectivity index (χ4n) is 4.31. The summed E-state index contributed by atoms with van der Waals surface area (Å²) < 4.78 is 5.33. The Morgan fingerprint density at radius 1 is 1.09 bits per heavy atom. The third-order valence-corrected chi connectivity index (χ3v) is 7.33. The van der Waals surface area contributed by atoms with Crippen molar-refractivity contribution in [3.8, 4) is 0 Å². The minimum atomic E-state index is -0.247. The molecule has 168 valence electrons. The van der Waals surface area contributed by atoms with Gasteiger partial charge in [0.2, 0.25) is 0 Å². The van der Waals surface area contributed by atoms with E-state index >= 15 is 0 Å². The van der Waals surface area contributed by atoms with E-state index in [-0.39, 0.29) is 11.9 Å². The number of nitrogens with zero attached hydrogens (tertiary/aromatic N) is 1. The number of fused-ring (bicyclic) bond motifs is 1. The summed E-state index contributed by atoms with van der Waals surface area (Å²) in [6.07, 6.45) is 5.83. The third-order valence-electron chi connectivity index (χ3n) is 5.86. The van der Waals surface area contributed by atoms with E-state index in [1.54, 1.807) is 23.5 Å². The third kappa shape index (κ3) is 4.68. The number of nitrogens with one attached hydrogen (secondary N) is 2. The summed E-state index contributed by atoms with van der Waals surface area (Å²) >= 11 is 7.86. The van der Waals surface area contributed by atoms with E-state index in [9.17, 15) is 4.79 Å². The molecule has 0 saturated carbocycles. The van der Waals surface area contributed by atoms with Gasteiger partial charge in [0, 0.05) is 21.2 Å². The Labute approximate surface area is 201 Å². The van der Waals surface area contributed by atoms with Gasteiger partial charge in [-0.15, -0.1) is 11.3 Å². The number of carbonyl (C=O) groups is 1. The maximum atomic E-state index is 12.9. The number of amides is 1. The average Bonchev–Trinajstić information content (AvgIpc) is 3.47. The summed E-state index contributed by atoms with van der Waals surface area (Å²) in [5, 5.41) is 8.30. The Hall–Kier alpha value is -3.09. The summed E-state index contributed by atoms with van der Waals surface area (Å²) in [7, 11) is 0. The molecule has 2 N–H and O–H groups in total. The fraction of sp³-hybridized carbons (Fsp3) is 0.231. The van der Waals surface area contributed by atoms with Gasteiger partial charge in [0.15, 0.2) is 5.76 Å². The number of aryl methyl sites for hydroxylation is 2. The topological polar surface area (TPSA) is 67.2 Å². The molecule has 7 heteroatoms. The van der Waals surface area contributed by atoms with Crippen molar-refractivity contribution in [2.24, 2.45) is 0 Å². The molecular formula is C26H24ClN3O2S. The summed E-state index contributed by atoms with van der Waals surface area (Å²) in [6.45, 7) is 1.98. The SMILES string of the molecule is Cc1cccc(N[C@@H](c2ccc(Cl)cc2)c2c(NC(=O)c3ccco3)sc3c2CCCC3)n1. The van der Waals surface area contributed by atoms with Crippen LogP contribution in [0.25, 0.3) is 0 Å². The highest BCUT2D eigenvalue weighted by molar-refractivity contribution is 7.16. The van der Waals surface area contributed by atoms with Crippen LogP contribution < -0.4 is 10.6 Å². The van der Waals surface area contributed by atoms with Crippen LogP contribution in [0.1, 0.15) is 56.7 Å². The fourth-order valence-corrected chi connectivity index (χ4v) is 5.76. The van der Waals surface area contributed by atoms with E-state index in [2.05, 4.69) is 15.6 Å². The molecule has 3 aromatic heterocycles. The molecule has 3 heterocycles. The number of halogens is 1. The van der Waals surface area contributed by atoms with E-state index in [1.807, 2.05) is 49.4 Å². The molecule has 0 unspecified atom stereocenters. The number of aromatic nitrogens is 1. The van der Waals surface area contributed by atoms with Crippen LogP contribution in [0.2, 0.25) is 5.02 Å². The number of hydrogen-bond acceptors (Lipinski definition) is 5. The summed E-state index contributed by atoms with van der Waals surface area (Å²) in [4.78, 5) is 18.9. The van der Waals surface area contributed by atoms with E-state index in [0.29, 0.717) is 10.8 Å². The van der Waals surface area contributed by atoms with Crippen molar-refractivity contribution < 1.29 is 9.21 Å². The van der Waals surface area contributed by atoms with Crippen molar-refractivity contribution in [3.63, 3.8) is 0 Å². The minimum absolute atomic E-state index is 0.193. The Morgan fingerprint density at radius 2 is 1.91 bits per heavy atom. The van der Waals surface area contributed by atoms with Gasteiger partial charge in [-0.2, -0.15) is 0 Å². The average molecular weight is 478 g/mol. The molecule has 4 aromatic rings. The van der Waals surface area contributed by atoms with Gasteiger partial charge in [0.05, 0.1) is 12.3 Å². The van der Waals surface area contributed by atoms with E-state index in [0.717, 1.165) is 53.3 Å². The number of rotatable bonds is 6. The molecule has 1 aromatic carbocycles. The minimum Gasteiger partial charge on any atom is -0.459 e. The maximum absolute atomic E-state index is 12.9. The molecule has 1 atom stereocenters. The normalized spacial score (nSPS) is 13.9. The predicted molar refractivity (Wildman–Crippen MR) is 134 cm³/mol. The molecule has 1 aliphatic carbocycles. The molecule has 0 radical (unpaired) electrons. The molecule has 0 bridgehead atoms. The maximum Gasteiger partial charge on any atom is 0.291 e. The first-order chi connectivity index (χ1) is 16.1. The highest BCUT2D eigenvalue weighted by Crippen LogP contribution is 2.44. The van der Waals surface area contributed by atoms with E-state index < -0.39 is 0 Å². The highest BCUT2D eigenvalue weighted by Gasteiger charge is 2.29. The quantitative estimate of drug-likeness (QED) is 0.313. The Morgan fingerprint density at radius 3 is 2.67 bits per heavy atom. The van der Waals surface area contributed by atoms with Crippen molar-refractivity contribution >= 4 is 39.7 Å². The second kappa shape index (κ2) is 9.41. The van der Waals surface area contributed by atoms with Crippen molar-refractivity contribution in [1.82, 2.24) is 4.98 Å². The number of carbonyl (C=O) groups excluding carboxylic acids is 1. The zero-order chi connectivity index (χ0) is 22.8. The van der Waals surface area contributed by atoms with Gasteiger partial charge in [-0.25, -0.2) is 4.98 Å². The van der Waals surface area contributed by atoms with E-state index in [1.165, 1.54) is 16.7 Å². The van der Waals surface area contributed by atoms with Crippen molar-refractivity contribution in [2.45, 2.75) is 38.6 Å². The van der Waals surface area contributed by atoms with Gasteiger partial charge >= 0.3 is 0 Å². The number of hydrogen-bond donors (Lipinski definition) is 2. The number of benzene rings is 1. The van der Waals surface area contributed by atoms with Crippen molar-refractivity contribution in [1.29, 1.82) is 0 Å². The first kappa shape index (κ1) is 21.7. The summed E-state index contributed by atoms with van der Waals surface area (Å²) in [5.41, 5.74) is 4.41. The lowest BCUT2D eigenvalue weighted by Gasteiger charge is -2.24. The highest BCUT2D eigenvalue weighted by atomic mass is 35.5. The Balaban J connectivity index is 1.61. The molecule has 0 spiro atoms. The van der Waals surface area contributed by atoms with Crippen molar-refractivity contribution in [2.75, 3.05) is 10.6 Å². The molecule has 0 fully saturated rings. The van der Waals surface area contributed by atoms with Gasteiger partial charge in [-0.3, -0.25) is 4.79 Å². The lowest BCUT2D eigenvalue weighted by molar-refractivity contribution is 0.0997. The zero-order valence-electron chi connectivity index (χ0n) is 18.2. The predicted octanol–water partition coefficient (Wildman–Crippen LogP) is 7.03. The van der Waals surface area contributed by atoms with Gasteiger partial charge in [-0.05, 0) is 80.1 Å². The first-order valence-electron chi connectivity index (χ1n) is 11.0. The van der Waals surface area contributed by atoms with E-state index in [4.69, 9.17) is 16.0 Å². The molecule has 1 amide bonds. The Bertz CT molecular complexity index is 1270. The Kier molecular flexibility index (Phi) is 6.20. The lowest BCUT2D eigenvalue weighted by Crippen LogP contribution is -2.19. The van der Waals surface area contributed by atoms with Crippen LogP contribution in [-0.2, 0) is 12.8 Å². The van der Waals surface area contributed by atoms with Crippen LogP contribution in [-0.4, -0.2) is 10.9 Å². The van der Waals surface area contributed by atoms with Crippen molar-refractivity contribution in [3.05, 3.63) is 98.9 Å². The number of furan rings is 1. The smallest absolute Gasteiger partial charge is 0.291 e. The standard InChI is InChI=1S/C26H24ClN3O2S/c1-16-6-4-10-22(28-16)29-24(17-11-13-18(27)14-12-17)23-19-7-2-3-9-21(19)33-26(23)30-25(31)20-8-5-15-32-20/h4-6,8,10-15,24H,2-3,7,9H2,1H3,(H,28,29)(H,30,31)/t24-/m0/s1. The monoisotopic (exact) mass is 477 g/mol. The second-order valence-corrected chi connectivity index (χ2v) is 9.72. The van der Waals surface area contributed by atoms with Crippen LogP contribution in [0.15, 0.2) is 65.3 Å². The van der Waals surface area contributed by atoms with Crippen LogP contribution >= 0.6 is 22.9 Å². The molecule has 0 saturated heterocycles. The lowest BCUT2D eigenvalue weighted by atomic mass is 9.89. The van der Waals surface area contributed by atoms with Crippen LogP contribution in [0.5, 0.6) is 0 Å². The summed E-state index contributed by atoms with van der Waals surface area (Å²) in [6, 6.07) is 17.0. The molecular weight excluding hydrogens is 454 g/mol. The molecule has 0 aliphatic heterocycles. The van der Waals surface area contributed by atoms with Gasteiger partial charge in [0.25, 0.3) is 5.91 Å². The summed E-state index contributed by atoms with van der Waals surface area (Å²) in [5.74, 6) is 0.834. The number of thiophene rings is 1. The molecule has 5 nitrogen and oxygen atoms in total. The molecule has 33 heavy (non-hydrogen) atoms. The first-order valence-corrected chi connectivity index (χ1v) is 12.2. The largest absolute Gasteiger partial charge is 0.459 e. The van der Waals surface area contributed by atoms with Gasteiger partial charge < -0.3 is 15.1 Å².